The van der Waals surface area contributed by atoms with E-state index in [1.165, 1.54) is 44.0 Å². The predicted octanol–water partition coefficient (Wildman–Crippen LogP) is 8.62. The number of aryl methyl sites for hydroxylation is 1. The van der Waals surface area contributed by atoms with Gasteiger partial charge in [-0.25, -0.2) is 0 Å². The van der Waals surface area contributed by atoms with Crippen LogP contribution in [-0.2, 0) is 7.05 Å². The number of hydrogen-bond acceptors (Lipinski definition) is 1. The van der Waals surface area contributed by atoms with Gasteiger partial charge in [0.15, 0.2) is 0 Å². The zero-order chi connectivity index (χ0) is 23.2. The number of aromatic nitrogens is 2. The number of rotatable bonds is 5. The second-order valence-corrected chi connectivity index (χ2v) is 9.99. The lowest BCUT2D eigenvalue weighted by atomic mass is 10.0. The van der Waals surface area contributed by atoms with Crippen molar-refractivity contribution in [3.8, 4) is 11.4 Å². The van der Waals surface area contributed by atoms with Gasteiger partial charge in [-0.05, 0) is 76.7 Å². The second-order valence-electron chi connectivity index (χ2n) is 8.81. The Hall–Kier alpha value is -3.69. The molecule has 2 aromatic heterocycles. The van der Waals surface area contributed by atoms with Gasteiger partial charge >= 0.3 is 0 Å². The molecule has 0 amide bonds. The third kappa shape index (κ3) is 3.36. The summed E-state index contributed by atoms with van der Waals surface area (Å²) in [5, 5.41) is 5.42. The quantitative estimate of drug-likeness (QED) is 0.256. The average Bonchev–Trinajstić information content (AvgIpc) is 3.38. The van der Waals surface area contributed by atoms with Crippen LogP contribution in [0.4, 0.5) is 0 Å². The van der Waals surface area contributed by atoms with E-state index in [9.17, 15) is 0 Å². The molecule has 0 fully saturated rings. The topological polar surface area (TPSA) is 9.86 Å². The van der Waals surface area contributed by atoms with Crippen LogP contribution in [0.3, 0.4) is 0 Å². The Morgan fingerprint density at radius 2 is 1.50 bits per heavy atom. The largest absolute Gasteiger partial charge is 0.342 e. The van der Waals surface area contributed by atoms with Crippen LogP contribution in [0, 0.1) is 0 Å². The molecule has 34 heavy (non-hydrogen) atoms. The van der Waals surface area contributed by atoms with Crippen molar-refractivity contribution in [2.45, 2.75) is 11.7 Å². The Morgan fingerprint density at radius 3 is 2.24 bits per heavy atom. The van der Waals surface area contributed by atoms with Crippen LogP contribution < -0.4 is 0 Å². The van der Waals surface area contributed by atoms with Crippen LogP contribution in [0.15, 0.2) is 98.1 Å². The highest BCUT2D eigenvalue weighted by atomic mass is 32.2. The van der Waals surface area contributed by atoms with E-state index >= 15 is 0 Å². The third-order valence-electron chi connectivity index (χ3n) is 6.76. The zero-order valence-corrected chi connectivity index (χ0v) is 20.1. The molecule has 0 radical (unpaired) electrons. The number of allylic oxidation sites excluding steroid dienone is 3. The molecule has 2 heterocycles. The fraction of sp³-hybridized carbons (Fsp3) is 0.0968. The van der Waals surface area contributed by atoms with Gasteiger partial charge in [-0.1, -0.05) is 73.9 Å². The SMILES string of the molecule is C=Cc1cc2cc(-c3cc4cc5ccccc5cc4n3SC3C=CC=CC3)n(C)c2cc1C=C. The minimum Gasteiger partial charge on any atom is -0.342 e. The van der Waals surface area contributed by atoms with Gasteiger partial charge in [0.05, 0.1) is 16.9 Å². The lowest BCUT2D eigenvalue weighted by molar-refractivity contribution is 0.969. The molecule has 0 saturated carbocycles. The van der Waals surface area contributed by atoms with E-state index in [0.717, 1.165) is 17.5 Å². The van der Waals surface area contributed by atoms with E-state index in [4.69, 9.17) is 0 Å². The van der Waals surface area contributed by atoms with Crippen LogP contribution in [0.2, 0.25) is 0 Å². The fourth-order valence-corrected chi connectivity index (χ4v) is 6.11. The van der Waals surface area contributed by atoms with E-state index in [-0.39, 0.29) is 0 Å². The molecule has 2 nitrogen and oxygen atoms in total. The maximum absolute atomic E-state index is 4.00. The molecule has 3 heteroatoms. The van der Waals surface area contributed by atoms with E-state index < -0.39 is 0 Å². The van der Waals surface area contributed by atoms with E-state index in [1.807, 2.05) is 24.1 Å². The monoisotopic (exact) mass is 458 g/mol. The maximum Gasteiger partial charge on any atom is 0.0769 e. The molecular formula is C31H26N2S. The van der Waals surface area contributed by atoms with Crippen molar-refractivity contribution >= 4 is 56.7 Å². The first kappa shape index (κ1) is 20.9. The highest BCUT2D eigenvalue weighted by Crippen LogP contribution is 2.39. The number of fused-ring (bicyclic) bond motifs is 3. The molecule has 3 aromatic carbocycles. The lowest BCUT2D eigenvalue weighted by Crippen LogP contribution is -2.05. The smallest absolute Gasteiger partial charge is 0.0769 e. The molecule has 1 atom stereocenters. The summed E-state index contributed by atoms with van der Waals surface area (Å²) < 4.78 is 4.74. The summed E-state index contributed by atoms with van der Waals surface area (Å²) in [6.07, 6.45) is 13.7. The molecule has 0 bridgehead atoms. The molecule has 0 spiro atoms. The van der Waals surface area contributed by atoms with Gasteiger partial charge in [0.2, 0.25) is 0 Å². The van der Waals surface area contributed by atoms with Gasteiger partial charge in [-0.3, -0.25) is 3.97 Å². The summed E-state index contributed by atoms with van der Waals surface area (Å²) in [5.74, 6) is 0. The third-order valence-corrected chi connectivity index (χ3v) is 7.98. The summed E-state index contributed by atoms with van der Waals surface area (Å²) in [6.45, 7) is 7.99. The van der Waals surface area contributed by atoms with Crippen LogP contribution in [-0.4, -0.2) is 13.8 Å². The summed E-state index contributed by atoms with van der Waals surface area (Å²) in [4.78, 5) is 0. The molecule has 1 unspecified atom stereocenters. The Morgan fingerprint density at radius 1 is 0.794 bits per heavy atom. The highest BCUT2D eigenvalue weighted by Gasteiger charge is 2.19. The maximum atomic E-state index is 4.00. The van der Waals surface area contributed by atoms with E-state index in [1.54, 1.807) is 0 Å². The Bertz CT molecular complexity index is 1660. The normalized spacial score (nSPS) is 15.5. The number of nitrogens with zero attached hydrogens (tertiary/aromatic N) is 2. The molecule has 0 saturated heterocycles. The highest BCUT2D eigenvalue weighted by molar-refractivity contribution is 7.98. The Kier molecular flexibility index (Phi) is 5.08. The molecule has 0 aliphatic heterocycles. The molecule has 6 rings (SSSR count). The minimum atomic E-state index is 0.403. The number of benzene rings is 3. The first-order valence-electron chi connectivity index (χ1n) is 11.6. The van der Waals surface area contributed by atoms with E-state index in [0.29, 0.717) is 5.25 Å². The number of hydrogen-bond donors (Lipinski definition) is 0. The van der Waals surface area contributed by atoms with Crippen LogP contribution >= 0.6 is 11.9 Å². The van der Waals surface area contributed by atoms with Gasteiger partial charge in [-0.2, -0.15) is 0 Å². The minimum absolute atomic E-state index is 0.403. The predicted molar refractivity (Wildman–Crippen MR) is 151 cm³/mol. The van der Waals surface area contributed by atoms with Crippen molar-refractivity contribution in [3.05, 3.63) is 109 Å². The van der Waals surface area contributed by atoms with Crippen molar-refractivity contribution in [1.29, 1.82) is 0 Å². The summed E-state index contributed by atoms with van der Waals surface area (Å²) in [6, 6.07) is 22.3. The Labute approximate surface area is 204 Å². The van der Waals surface area contributed by atoms with Crippen molar-refractivity contribution in [1.82, 2.24) is 8.54 Å². The van der Waals surface area contributed by atoms with Crippen molar-refractivity contribution < 1.29 is 0 Å². The van der Waals surface area contributed by atoms with Gasteiger partial charge in [0, 0.05) is 28.6 Å². The lowest BCUT2D eigenvalue weighted by Gasteiger charge is -2.17. The van der Waals surface area contributed by atoms with Gasteiger partial charge in [0.25, 0.3) is 0 Å². The summed E-state index contributed by atoms with van der Waals surface area (Å²) in [5.41, 5.74) is 7.09. The van der Waals surface area contributed by atoms with Gasteiger partial charge in [-0.15, -0.1) is 0 Å². The van der Waals surface area contributed by atoms with Crippen molar-refractivity contribution in [3.63, 3.8) is 0 Å². The molecule has 1 aliphatic rings. The van der Waals surface area contributed by atoms with Crippen LogP contribution in [0.25, 0.3) is 56.1 Å². The standard InChI is InChI=1S/C31H26N2S/c1-4-21-15-25-19-30(32(3)28(25)17-22(21)5-2)31-20-26-16-23-11-9-10-12-24(23)18-29(26)33(31)34-27-13-7-6-8-14-27/h4-13,15-20,27H,1-2,14H2,3H3. The van der Waals surface area contributed by atoms with Crippen molar-refractivity contribution in [2.75, 3.05) is 0 Å². The molecular weight excluding hydrogens is 432 g/mol. The molecule has 5 aromatic rings. The summed E-state index contributed by atoms with van der Waals surface area (Å²) >= 11 is 1.90. The average molecular weight is 459 g/mol. The van der Waals surface area contributed by atoms with Gasteiger partial charge < -0.3 is 4.57 Å². The van der Waals surface area contributed by atoms with Crippen LogP contribution in [0.5, 0.6) is 0 Å². The first-order chi connectivity index (χ1) is 16.7. The van der Waals surface area contributed by atoms with Crippen LogP contribution in [0.1, 0.15) is 17.5 Å². The van der Waals surface area contributed by atoms with E-state index in [2.05, 4.69) is 114 Å². The molecule has 166 valence electrons. The molecule has 0 N–H and O–H groups in total. The zero-order valence-electron chi connectivity index (χ0n) is 19.2. The molecule has 1 aliphatic carbocycles. The second kappa shape index (κ2) is 8.27. The Balaban J connectivity index is 1.61. The van der Waals surface area contributed by atoms with Gasteiger partial charge in [0.1, 0.15) is 0 Å². The fourth-order valence-electron chi connectivity index (χ4n) is 4.95. The van der Waals surface area contributed by atoms with Crippen molar-refractivity contribution in [2.24, 2.45) is 7.05 Å². The summed E-state index contributed by atoms with van der Waals surface area (Å²) in [7, 11) is 2.16. The first-order valence-corrected chi connectivity index (χ1v) is 12.4.